The van der Waals surface area contributed by atoms with Crippen LogP contribution in [0.1, 0.15) is 5.56 Å². The van der Waals surface area contributed by atoms with Gasteiger partial charge in [-0.05, 0) is 24.1 Å². The largest absolute Gasteiger partial charge is 0.504 e. The number of fused-ring (bicyclic) bond motifs is 5. The summed E-state index contributed by atoms with van der Waals surface area (Å²) in [5.74, 6) is 1.04. The molecule has 0 aliphatic heterocycles. The van der Waals surface area contributed by atoms with E-state index in [1.807, 2.05) is 18.2 Å². The molecule has 116 valence electrons. The molecule has 0 amide bonds. The molecular formula is C18H16N2O3. The average Bonchev–Trinajstić information content (AvgIpc) is 3.21. The van der Waals surface area contributed by atoms with Gasteiger partial charge >= 0.3 is 0 Å². The molecule has 3 aliphatic rings. The number of nitrogens with zero attached hydrogens (tertiary/aromatic N) is 2. The van der Waals surface area contributed by atoms with Gasteiger partial charge in [0, 0.05) is 23.3 Å². The van der Waals surface area contributed by atoms with Crippen LogP contribution in [0.5, 0.6) is 11.5 Å². The second kappa shape index (κ2) is 5.19. The van der Waals surface area contributed by atoms with Crippen LogP contribution >= 0.6 is 0 Å². The smallest absolute Gasteiger partial charge is 0.166 e. The predicted molar refractivity (Wildman–Crippen MR) is 86.9 cm³/mol. The van der Waals surface area contributed by atoms with Crippen molar-refractivity contribution in [3.05, 3.63) is 48.1 Å². The number of benzene rings is 1. The first-order valence-corrected chi connectivity index (χ1v) is 7.58. The average molecular weight is 308 g/mol. The second-order valence-corrected chi connectivity index (χ2v) is 5.97. The van der Waals surface area contributed by atoms with Gasteiger partial charge in [-0.15, -0.1) is 0 Å². The number of para-hydroxylation sites is 1. The number of hydrogen-bond donors (Lipinski definition) is 1. The van der Waals surface area contributed by atoms with Gasteiger partial charge in [0.05, 0.1) is 19.0 Å². The Bertz CT molecular complexity index is 791. The van der Waals surface area contributed by atoms with E-state index in [1.165, 1.54) is 13.3 Å². The lowest BCUT2D eigenvalue weighted by atomic mass is 9.85. The van der Waals surface area contributed by atoms with Crippen molar-refractivity contribution in [1.82, 2.24) is 0 Å². The maximum Gasteiger partial charge on any atom is 0.166 e. The monoisotopic (exact) mass is 308 g/mol. The van der Waals surface area contributed by atoms with Gasteiger partial charge in [0.1, 0.15) is 5.78 Å². The number of ketones is 1. The first-order valence-electron chi connectivity index (χ1n) is 7.58. The van der Waals surface area contributed by atoms with Gasteiger partial charge in [-0.25, -0.2) is 0 Å². The molecule has 1 aromatic rings. The Labute approximate surface area is 133 Å². The molecule has 3 aliphatic carbocycles. The summed E-state index contributed by atoms with van der Waals surface area (Å²) in [6.07, 6.45) is 9.52. The molecule has 1 saturated carbocycles. The van der Waals surface area contributed by atoms with Gasteiger partial charge in [-0.3, -0.25) is 4.79 Å². The Balaban J connectivity index is 1.57. The number of methoxy groups -OCH3 is 1. The fraction of sp³-hybridized carbons (Fsp3) is 0.278. The van der Waals surface area contributed by atoms with Crippen molar-refractivity contribution < 1.29 is 14.6 Å². The number of Topliss-reactive ketones (excluding diaryl/α,β-unsaturated/α-hetero) is 1. The molecule has 1 aromatic carbocycles. The fourth-order valence-corrected chi connectivity index (χ4v) is 3.74. The molecule has 0 aromatic heterocycles. The van der Waals surface area contributed by atoms with Crippen molar-refractivity contribution in [3.63, 3.8) is 0 Å². The van der Waals surface area contributed by atoms with Gasteiger partial charge in [-0.1, -0.05) is 24.3 Å². The van der Waals surface area contributed by atoms with Crippen molar-refractivity contribution >= 4 is 17.7 Å². The van der Waals surface area contributed by atoms with Crippen molar-refractivity contribution in [2.75, 3.05) is 7.11 Å². The first-order chi connectivity index (χ1) is 11.2. The lowest BCUT2D eigenvalue weighted by molar-refractivity contribution is -0.121. The number of rotatable bonds is 3. The van der Waals surface area contributed by atoms with Crippen molar-refractivity contribution in [2.45, 2.75) is 0 Å². The van der Waals surface area contributed by atoms with Crippen LogP contribution in [-0.4, -0.2) is 29.9 Å². The number of carbonyl (C=O) groups is 1. The fourth-order valence-electron chi connectivity index (χ4n) is 3.74. The molecule has 2 unspecified atom stereocenters. The zero-order valence-electron chi connectivity index (χ0n) is 12.6. The van der Waals surface area contributed by atoms with Crippen LogP contribution in [0, 0.1) is 23.7 Å². The molecule has 4 rings (SSSR count). The van der Waals surface area contributed by atoms with Crippen LogP contribution in [-0.2, 0) is 4.79 Å². The molecule has 5 nitrogen and oxygen atoms in total. The van der Waals surface area contributed by atoms with E-state index >= 15 is 0 Å². The first kappa shape index (κ1) is 13.9. The van der Waals surface area contributed by atoms with E-state index < -0.39 is 0 Å². The van der Waals surface area contributed by atoms with Crippen LogP contribution in [0.2, 0.25) is 0 Å². The molecule has 23 heavy (non-hydrogen) atoms. The normalized spacial score (nSPS) is 32.4. The highest BCUT2D eigenvalue weighted by Crippen LogP contribution is 2.49. The summed E-state index contributed by atoms with van der Waals surface area (Å²) in [5, 5.41) is 18.4. The summed E-state index contributed by atoms with van der Waals surface area (Å²) in [5.41, 5.74) is 1.37. The quantitative estimate of drug-likeness (QED) is 0.529. The van der Waals surface area contributed by atoms with E-state index in [2.05, 4.69) is 16.3 Å². The number of ether oxygens (including phenoxy) is 1. The SMILES string of the molecule is COc1cccc(/C=N\N=C2\C=CC3C2[C@@H]2C=C[C@H]3C2=O)c1O. The molecule has 4 atom stereocenters. The lowest BCUT2D eigenvalue weighted by Gasteiger charge is -2.17. The molecule has 0 radical (unpaired) electrons. The highest BCUT2D eigenvalue weighted by Gasteiger charge is 2.53. The van der Waals surface area contributed by atoms with E-state index in [4.69, 9.17) is 4.74 Å². The zero-order valence-corrected chi connectivity index (χ0v) is 12.6. The summed E-state index contributed by atoms with van der Waals surface area (Å²) < 4.78 is 5.06. The molecule has 2 bridgehead atoms. The van der Waals surface area contributed by atoms with Gasteiger partial charge < -0.3 is 9.84 Å². The van der Waals surface area contributed by atoms with Crippen LogP contribution in [0.3, 0.4) is 0 Å². The molecule has 5 heteroatoms. The molecule has 1 N–H and O–H groups in total. The van der Waals surface area contributed by atoms with Gasteiger partial charge in [0.25, 0.3) is 0 Å². The second-order valence-electron chi connectivity index (χ2n) is 5.97. The number of phenolic OH excluding ortho intramolecular Hbond substituents is 1. The van der Waals surface area contributed by atoms with Gasteiger partial charge in [-0.2, -0.15) is 10.2 Å². The molecular weight excluding hydrogens is 292 g/mol. The van der Waals surface area contributed by atoms with Crippen LogP contribution in [0.25, 0.3) is 0 Å². The van der Waals surface area contributed by atoms with Gasteiger partial charge in [0.2, 0.25) is 0 Å². The zero-order chi connectivity index (χ0) is 16.0. The van der Waals surface area contributed by atoms with Crippen molar-refractivity contribution in [3.8, 4) is 11.5 Å². The molecule has 0 saturated heterocycles. The minimum absolute atomic E-state index is 0.0142. The number of phenols is 1. The number of allylic oxidation sites excluding steroid dienone is 4. The third kappa shape index (κ3) is 2.04. The standard InChI is InChI=1S/C18H16N2O3/c1-23-15-4-2-3-10(17(15)21)9-19-20-14-8-7-11-12-5-6-13(16(11)14)18(12)22/h2-9,11-13,16,21H,1H3/b19-9-,20-14-/t11?,12-,13+,16?/m1/s1. The summed E-state index contributed by atoms with van der Waals surface area (Å²) >= 11 is 0. The minimum Gasteiger partial charge on any atom is -0.504 e. The summed E-state index contributed by atoms with van der Waals surface area (Å²) in [6.45, 7) is 0. The molecule has 0 spiro atoms. The Hall–Kier alpha value is -2.69. The van der Waals surface area contributed by atoms with Crippen LogP contribution < -0.4 is 4.74 Å². The van der Waals surface area contributed by atoms with E-state index in [0.717, 1.165) is 5.71 Å². The topological polar surface area (TPSA) is 71.2 Å². The number of carbonyl (C=O) groups excluding carboxylic acids is 1. The van der Waals surface area contributed by atoms with Gasteiger partial charge in [0.15, 0.2) is 11.5 Å². The van der Waals surface area contributed by atoms with E-state index in [0.29, 0.717) is 17.1 Å². The lowest BCUT2D eigenvalue weighted by Crippen LogP contribution is -2.20. The van der Waals surface area contributed by atoms with Crippen LogP contribution in [0.15, 0.2) is 52.7 Å². The maximum absolute atomic E-state index is 12.1. The Kier molecular flexibility index (Phi) is 3.15. The minimum atomic E-state index is -0.0563. The Morgan fingerprint density at radius 1 is 1.22 bits per heavy atom. The predicted octanol–water partition coefficient (Wildman–Crippen LogP) is 2.36. The van der Waals surface area contributed by atoms with Crippen molar-refractivity contribution in [2.24, 2.45) is 33.9 Å². The third-order valence-corrected chi connectivity index (χ3v) is 4.85. The summed E-state index contributed by atoms with van der Waals surface area (Å²) in [6, 6.07) is 5.19. The van der Waals surface area contributed by atoms with E-state index in [-0.39, 0.29) is 29.4 Å². The Morgan fingerprint density at radius 2 is 2.04 bits per heavy atom. The summed E-state index contributed by atoms with van der Waals surface area (Å²) in [7, 11) is 1.50. The van der Waals surface area contributed by atoms with Crippen LogP contribution in [0.4, 0.5) is 0 Å². The highest BCUT2D eigenvalue weighted by atomic mass is 16.5. The third-order valence-electron chi connectivity index (χ3n) is 4.85. The maximum atomic E-state index is 12.1. The molecule has 0 heterocycles. The van der Waals surface area contributed by atoms with E-state index in [9.17, 15) is 9.90 Å². The number of hydrogen-bond acceptors (Lipinski definition) is 5. The van der Waals surface area contributed by atoms with E-state index in [1.54, 1.807) is 18.2 Å². The summed E-state index contributed by atoms with van der Waals surface area (Å²) in [4.78, 5) is 12.1. The molecule has 1 fully saturated rings. The Morgan fingerprint density at radius 3 is 2.87 bits per heavy atom. The number of aromatic hydroxyl groups is 1. The van der Waals surface area contributed by atoms with Crippen molar-refractivity contribution in [1.29, 1.82) is 0 Å². The highest BCUT2D eigenvalue weighted by molar-refractivity contribution is 6.08.